The van der Waals surface area contributed by atoms with Crippen molar-refractivity contribution < 1.29 is 19.1 Å². The van der Waals surface area contributed by atoms with Crippen molar-refractivity contribution in [3.63, 3.8) is 0 Å². The van der Waals surface area contributed by atoms with E-state index in [1.807, 2.05) is 0 Å². The Morgan fingerprint density at radius 1 is 1.58 bits per heavy atom. The third-order valence-electron chi connectivity index (χ3n) is 3.22. The number of nitrogens with one attached hydrogen (secondary N) is 1. The summed E-state index contributed by atoms with van der Waals surface area (Å²) in [6, 6.07) is 1.83. The lowest BCUT2D eigenvalue weighted by Gasteiger charge is -2.12. The molecule has 8 heteroatoms. The fraction of sp³-hybridized carbons (Fsp3) is 0.636. The minimum atomic E-state index is -2.64. The average molecular weight is 286 g/mol. The minimum absolute atomic E-state index is 0.0607. The van der Waals surface area contributed by atoms with E-state index in [1.165, 1.54) is 0 Å². The zero-order valence-electron chi connectivity index (χ0n) is 10.6. The van der Waals surface area contributed by atoms with Crippen LogP contribution >= 0.6 is 8.25 Å². The Hall–Kier alpha value is -1.14. The smallest absolute Gasteiger partial charge is 0.396 e. The van der Waals surface area contributed by atoms with Crippen molar-refractivity contribution in [2.75, 3.05) is 11.9 Å². The van der Waals surface area contributed by atoms with Gasteiger partial charge in [-0.3, -0.25) is 0 Å². The van der Waals surface area contributed by atoms with Gasteiger partial charge in [-0.15, -0.1) is 9.42 Å². The topological polar surface area (TPSA) is 105 Å². The molecule has 1 saturated carbocycles. The second-order valence-electron chi connectivity index (χ2n) is 4.63. The van der Waals surface area contributed by atoms with Gasteiger partial charge >= 0.3 is 8.25 Å². The highest BCUT2D eigenvalue weighted by atomic mass is 31.1. The molecule has 1 aliphatic rings. The van der Waals surface area contributed by atoms with E-state index in [4.69, 9.17) is 9.42 Å². The van der Waals surface area contributed by atoms with Gasteiger partial charge in [0, 0.05) is 29.3 Å². The number of nitrogens with zero attached hydrogens (tertiary/aromatic N) is 2. The summed E-state index contributed by atoms with van der Waals surface area (Å²) in [6.45, 7) is 1.74. The van der Waals surface area contributed by atoms with Gasteiger partial charge in [-0.1, -0.05) is 0 Å². The maximum Gasteiger partial charge on any atom is 0.695 e. The van der Waals surface area contributed by atoms with Crippen LogP contribution in [-0.2, 0) is 9.09 Å². The number of aryl methyl sites for hydroxylation is 1. The average Bonchev–Trinajstić information content (AvgIpc) is 2.70. The summed E-state index contributed by atoms with van der Waals surface area (Å²) < 4.78 is 15.7. The van der Waals surface area contributed by atoms with E-state index < -0.39 is 14.4 Å². The van der Waals surface area contributed by atoms with Gasteiger partial charge in [0.25, 0.3) is 0 Å². The van der Waals surface area contributed by atoms with E-state index in [9.17, 15) is 9.67 Å². The molecule has 7 nitrogen and oxygen atoms in total. The Morgan fingerprint density at radius 2 is 2.37 bits per heavy atom. The molecule has 19 heavy (non-hydrogen) atoms. The lowest BCUT2D eigenvalue weighted by molar-refractivity contribution is 0.106. The lowest BCUT2D eigenvalue weighted by atomic mass is 10.1. The van der Waals surface area contributed by atoms with Crippen LogP contribution in [-0.4, -0.2) is 38.7 Å². The highest BCUT2D eigenvalue weighted by molar-refractivity contribution is 7.32. The quantitative estimate of drug-likeness (QED) is 0.693. The molecule has 1 aromatic heterocycles. The number of hydrogen-bond acceptors (Lipinski definition) is 6. The predicted octanol–water partition coefficient (Wildman–Crippen LogP) is 1.00. The molecule has 1 unspecified atom stereocenters. The minimum Gasteiger partial charge on any atom is -0.396 e. The summed E-state index contributed by atoms with van der Waals surface area (Å²) in [5.41, 5.74) is 0. The van der Waals surface area contributed by atoms with Gasteiger partial charge in [-0.2, -0.15) is 0 Å². The molecule has 0 spiro atoms. The monoisotopic (exact) mass is 286 g/mol. The Balaban J connectivity index is 1.97. The Labute approximate surface area is 112 Å². The van der Waals surface area contributed by atoms with E-state index >= 15 is 0 Å². The highest BCUT2D eigenvalue weighted by Crippen LogP contribution is 2.35. The van der Waals surface area contributed by atoms with Crippen molar-refractivity contribution in [1.82, 2.24) is 9.97 Å². The predicted molar refractivity (Wildman–Crippen MR) is 68.7 cm³/mol. The number of aliphatic hydroxyl groups is 1. The van der Waals surface area contributed by atoms with Crippen LogP contribution < -0.4 is 5.32 Å². The first kappa shape index (κ1) is 14.3. The first-order valence-electron chi connectivity index (χ1n) is 6.08. The molecule has 0 aromatic carbocycles. The lowest BCUT2D eigenvalue weighted by Crippen LogP contribution is -2.18. The number of rotatable bonds is 5. The first-order chi connectivity index (χ1) is 9.08. The van der Waals surface area contributed by atoms with Gasteiger partial charge in [-0.05, 0) is 25.8 Å². The van der Waals surface area contributed by atoms with Crippen LogP contribution in [0.2, 0.25) is 0 Å². The van der Waals surface area contributed by atoms with E-state index in [2.05, 4.69) is 15.3 Å². The standard InChI is InChI=1S/C11H16N3O4P/c1-7-12-3-2-11(13-7)14-9-4-8(6-15)10(5-9)18-19(16)17/h2-3,8-10,15H,4-6H2,1H3,(H-,12,13,14,16,17)/p+1/t8-,9-,10+/m1/s1. The molecule has 0 bridgehead atoms. The summed E-state index contributed by atoms with van der Waals surface area (Å²) in [5, 5.41) is 12.5. The van der Waals surface area contributed by atoms with Gasteiger partial charge in [-0.25, -0.2) is 9.97 Å². The zero-order valence-corrected chi connectivity index (χ0v) is 11.5. The van der Waals surface area contributed by atoms with Gasteiger partial charge < -0.3 is 10.4 Å². The fourth-order valence-corrected chi connectivity index (χ4v) is 2.88. The molecule has 2 rings (SSSR count). The molecule has 4 atom stereocenters. The summed E-state index contributed by atoms with van der Waals surface area (Å²) in [5.74, 6) is 1.25. The van der Waals surface area contributed by atoms with Crippen molar-refractivity contribution in [1.29, 1.82) is 0 Å². The SMILES string of the molecule is Cc1nccc(N[C@@H]2C[C@H](CO)[C@@H](O[P+](=O)O)C2)n1. The van der Waals surface area contributed by atoms with Crippen molar-refractivity contribution in [2.45, 2.75) is 31.9 Å². The summed E-state index contributed by atoms with van der Waals surface area (Å²) in [7, 11) is -2.64. The normalized spacial score (nSPS) is 27.3. The molecule has 104 valence electrons. The van der Waals surface area contributed by atoms with Gasteiger partial charge in [0.15, 0.2) is 0 Å². The van der Waals surface area contributed by atoms with E-state index in [-0.39, 0.29) is 18.6 Å². The van der Waals surface area contributed by atoms with Gasteiger partial charge in [0.1, 0.15) is 17.7 Å². The zero-order chi connectivity index (χ0) is 13.8. The van der Waals surface area contributed by atoms with Crippen LogP contribution in [0.1, 0.15) is 18.7 Å². The molecule has 1 aromatic rings. The third kappa shape index (κ3) is 3.91. The largest absolute Gasteiger partial charge is 0.695 e. The molecule has 0 saturated heterocycles. The van der Waals surface area contributed by atoms with Crippen LogP contribution in [0.3, 0.4) is 0 Å². The van der Waals surface area contributed by atoms with Crippen molar-refractivity contribution in [2.24, 2.45) is 5.92 Å². The molecule has 0 amide bonds. The van der Waals surface area contributed by atoms with Crippen molar-refractivity contribution in [3.8, 4) is 0 Å². The van der Waals surface area contributed by atoms with Crippen LogP contribution in [0, 0.1) is 12.8 Å². The summed E-state index contributed by atoms with van der Waals surface area (Å²) in [4.78, 5) is 17.1. The Kier molecular flexibility index (Phi) is 4.76. The number of anilines is 1. The maximum absolute atomic E-state index is 10.7. The second-order valence-corrected chi connectivity index (χ2v) is 5.31. The molecule has 3 N–H and O–H groups in total. The second kappa shape index (κ2) is 6.34. The van der Waals surface area contributed by atoms with E-state index in [0.29, 0.717) is 24.5 Å². The fourth-order valence-electron chi connectivity index (χ4n) is 2.39. The van der Waals surface area contributed by atoms with Crippen LogP contribution in [0.5, 0.6) is 0 Å². The number of hydrogen-bond donors (Lipinski definition) is 3. The maximum atomic E-state index is 10.7. The van der Waals surface area contributed by atoms with Crippen molar-refractivity contribution in [3.05, 3.63) is 18.1 Å². The Bertz CT molecular complexity index is 459. The molecule has 1 aliphatic carbocycles. The van der Waals surface area contributed by atoms with Gasteiger partial charge in [0.05, 0.1) is 0 Å². The summed E-state index contributed by atoms with van der Waals surface area (Å²) in [6.07, 6.45) is 2.50. The Morgan fingerprint density at radius 3 is 3.00 bits per heavy atom. The highest BCUT2D eigenvalue weighted by Gasteiger charge is 2.40. The van der Waals surface area contributed by atoms with Crippen molar-refractivity contribution >= 4 is 14.1 Å². The van der Waals surface area contributed by atoms with E-state index in [1.54, 1.807) is 19.2 Å². The van der Waals surface area contributed by atoms with Crippen LogP contribution in [0.15, 0.2) is 12.3 Å². The summed E-state index contributed by atoms with van der Waals surface area (Å²) >= 11 is 0. The molecular weight excluding hydrogens is 269 g/mol. The molecule has 0 radical (unpaired) electrons. The van der Waals surface area contributed by atoms with Gasteiger partial charge in [0.2, 0.25) is 0 Å². The molecule has 0 aliphatic heterocycles. The molecule has 1 fully saturated rings. The number of aromatic nitrogens is 2. The van der Waals surface area contributed by atoms with Crippen LogP contribution in [0.4, 0.5) is 5.82 Å². The van der Waals surface area contributed by atoms with Crippen LogP contribution in [0.25, 0.3) is 0 Å². The van der Waals surface area contributed by atoms with E-state index in [0.717, 1.165) is 0 Å². The third-order valence-corrected chi connectivity index (χ3v) is 3.67. The molecule has 1 heterocycles. The first-order valence-corrected chi connectivity index (χ1v) is 7.21. The number of aliphatic hydroxyl groups excluding tert-OH is 1. The molecular formula is C11H17N3O4P+.